The second-order valence-corrected chi connectivity index (χ2v) is 8.52. The van der Waals surface area contributed by atoms with Gasteiger partial charge in [-0.1, -0.05) is 26.7 Å². The van der Waals surface area contributed by atoms with Crippen molar-refractivity contribution >= 4 is 23.2 Å². The molecule has 3 rings (SSSR count). The van der Waals surface area contributed by atoms with E-state index in [-0.39, 0.29) is 17.7 Å². The fourth-order valence-corrected chi connectivity index (χ4v) is 4.74. The van der Waals surface area contributed by atoms with Gasteiger partial charge < -0.3 is 10.2 Å². The van der Waals surface area contributed by atoms with Crippen molar-refractivity contribution < 1.29 is 9.59 Å². The largest absolute Gasteiger partial charge is 0.350 e. The summed E-state index contributed by atoms with van der Waals surface area (Å²) in [6, 6.07) is 0. The average Bonchev–Trinajstić information content (AvgIpc) is 3.31. The fourth-order valence-electron chi connectivity index (χ4n) is 3.75. The van der Waals surface area contributed by atoms with E-state index in [2.05, 4.69) is 10.2 Å². The molecule has 0 aromatic carbocycles. The van der Waals surface area contributed by atoms with Crippen molar-refractivity contribution in [3.63, 3.8) is 0 Å². The summed E-state index contributed by atoms with van der Waals surface area (Å²) in [5.74, 6) is 1.18. The third-order valence-electron chi connectivity index (χ3n) is 5.40. The van der Waals surface area contributed by atoms with E-state index in [1.807, 2.05) is 19.2 Å². The van der Waals surface area contributed by atoms with E-state index in [1.165, 1.54) is 12.8 Å². The lowest BCUT2D eigenvalue weighted by molar-refractivity contribution is -0.136. The molecule has 1 aromatic rings. The van der Waals surface area contributed by atoms with Gasteiger partial charge in [-0.05, 0) is 25.7 Å². The van der Waals surface area contributed by atoms with Gasteiger partial charge in [0.05, 0.1) is 17.2 Å². The second kappa shape index (κ2) is 8.30. The Morgan fingerprint density at radius 1 is 1.24 bits per heavy atom. The highest BCUT2D eigenvalue weighted by Gasteiger charge is 2.31. The van der Waals surface area contributed by atoms with Crippen LogP contribution >= 0.6 is 11.3 Å². The average molecular weight is 364 g/mol. The first-order valence-corrected chi connectivity index (χ1v) is 10.4. The summed E-state index contributed by atoms with van der Waals surface area (Å²) >= 11 is 1.69. The quantitative estimate of drug-likeness (QED) is 0.873. The molecule has 2 heterocycles. The van der Waals surface area contributed by atoms with E-state index in [1.54, 1.807) is 11.3 Å². The Morgan fingerprint density at radius 3 is 2.56 bits per heavy atom. The van der Waals surface area contributed by atoms with E-state index < -0.39 is 0 Å². The summed E-state index contributed by atoms with van der Waals surface area (Å²) in [6.45, 7) is 6.01. The highest BCUT2D eigenvalue weighted by Crippen LogP contribution is 2.33. The maximum atomic E-state index is 12.5. The molecule has 1 aliphatic carbocycles. The van der Waals surface area contributed by atoms with Gasteiger partial charge in [0.2, 0.25) is 11.8 Å². The molecular formula is C19H29N3O2S. The predicted molar refractivity (Wildman–Crippen MR) is 99.3 cm³/mol. The number of aromatic nitrogens is 1. The minimum Gasteiger partial charge on any atom is -0.350 e. The highest BCUT2D eigenvalue weighted by molar-refractivity contribution is 7.09. The smallest absolute Gasteiger partial charge is 0.225 e. The lowest BCUT2D eigenvalue weighted by atomic mass is 9.96. The molecule has 0 atom stereocenters. The number of nitrogens with one attached hydrogen (secondary N) is 1. The fraction of sp³-hybridized carbons (Fsp3) is 0.737. The molecule has 0 radical (unpaired) electrons. The van der Waals surface area contributed by atoms with Crippen LogP contribution in [0.2, 0.25) is 0 Å². The summed E-state index contributed by atoms with van der Waals surface area (Å²) in [6.07, 6.45) is 6.59. The first-order valence-electron chi connectivity index (χ1n) is 9.55. The summed E-state index contributed by atoms with van der Waals surface area (Å²) in [4.78, 5) is 31.0. The Kier molecular flexibility index (Phi) is 6.10. The minimum atomic E-state index is -0.000150. The molecule has 2 fully saturated rings. The molecule has 0 bridgehead atoms. The molecule has 5 nitrogen and oxygen atoms in total. The predicted octanol–water partition coefficient (Wildman–Crippen LogP) is 3.31. The molecule has 25 heavy (non-hydrogen) atoms. The van der Waals surface area contributed by atoms with Crippen molar-refractivity contribution in [1.29, 1.82) is 0 Å². The lowest BCUT2D eigenvalue weighted by Gasteiger charge is -2.32. The molecule has 1 aliphatic heterocycles. The number of nitrogens with zero attached hydrogens (tertiary/aromatic N) is 2. The monoisotopic (exact) mass is 363 g/mol. The van der Waals surface area contributed by atoms with Gasteiger partial charge in [-0.15, -0.1) is 11.3 Å². The maximum absolute atomic E-state index is 12.5. The standard InChI is InChI=1S/C19H29N3O2S/c1-13(2)17(23)20-11-16-12-25-18(21-16)14-7-9-22(10-8-14)19(24)15-5-3-4-6-15/h12-15H,3-11H2,1-2H3,(H,20,23). The minimum absolute atomic E-state index is 0.000150. The van der Waals surface area contributed by atoms with Crippen LogP contribution in [0, 0.1) is 11.8 Å². The van der Waals surface area contributed by atoms with Gasteiger partial charge in [0, 0.05) is 36.2 Å². The maximum Gasteiger partial charge on any atom is 0.225 e. The van der Waals surface area contributed by atoms with Crippen molar-refractivity contribution in [2.24, 2.45) is 11.8 Å². The zero-order chi connectivity index (χ0) is 17.8. The topological polar surface area (TPSA) is 62.3 Å². The Labute approximate surface area is 154 Å². The molecule has 6 heteroatoms. The van der Waals surface area contributed by atoms with Crippen LogP contribution in [0.15, 0.2) is 5.38 Å². The molecule has 1 aromatic heterocycles. The molecule has 138 valence electrons. The number of piperidine rings is 1. The van der Waals surface area contributed by atoms with Gasteiger partial charge in [0.25, 0.3) is 0 Å². The summed E-state index contributed by atoms with van der Waals surface area (Å²) in [7, 11) is 0. The normalized spacial score (nSPS) is 19.6. The molecule has 1 saturated heterocycles. The third-order valence-corrected chi connectivity index (χ3v) is 6.45. The number of likely N-dealkylation sites (tertiary alicyclic amines) is 1. The molecule has 1 N–H and O–H groups in total. The van der Waals surface area contributed by atoms with Gasteiger partial charge in [0.1, 0.15) is 0 Å². The highest BCUT2D eigenvalue weighted by atomic mass is 32.1. The number of rotatable bonds is 5. The SMILES string of the molecule is CC(C)C(=O)NCc1csc(C2CCN(C(=O)C3CCCC3)CC2)n1. The Hall–Kier alpha value is -1.43. The van der Waals surface area contributed by atoms with Crippen molar-refractivity contribution in [2.75, 3.05) is 13.1 Å². The number of hydrogen-bond acceptors (Lipinski definition) is 4. The van der Waals surface area contributed by atoms with Gasteiger partial charge in [-0.3, -0.25) is 9.59 Å². The Balaban J connectivity index is 1.48. The summed E-state index contributed by atoms with van der Waals surface area (Å²) < 4.78 is 0. The first kappa shape index (κ1) is 18.4. The van der Waals surface area contributed by atoms with Crippen LogP contribution in [0.25, 0.3) is 0 Å². The number of amides is 2. The van der Waals surface area contributed by atoms with Gasteiger partial charge in [-0.25, -0.2) is 4.98 Å². The molecule has 2 aliphatic rings. The molecule has 0 spiro atoms. The van der Waals surface area contributed by atoms with Gasteiger partial charge in [0.15, 0.2) is 0 Å². The number of thiazole rings is 1. The van der Waals surface area contributed by atoms with Crippen molar-refractivity contribution in [1.82, 2.24) is 15.2 Å². The van der Waals surface area contributed by atoms with Crippen molar-refractivity contribution in [3.8, 4) is 0 Å². The first-order chi connectivity index (χ1) is 12.0. The van der Waals surface area contributed by atoms with E-state index in [0.717, 1.165) is 49.5 Å². The zero-order valence-electron chi connectivity index (χ0n) is 15.3. The van der Waals surface area contributed by atoms with E-state index in [0.29, 0.717) is 18.4 Å². The van der Waals surface area contributed by atoms with Gasteiger partial charge >= 0.3 is 0 Å². The van der Waals surface area contributed by atoms with Crippen LogP contribution in [-0.4, -0.2) is 34.8 Å². The molecule has 1 saturated carbocycles. The van der Waals surface area contributed by atoms with Crippen LogP contribution in [0.3, 0.4) is 0 Å². The third kappa shape index (κ3) is 4.60. The molecular weight excluding hydrogens is 334 g/mol. The second-order valence-electron chi connectivity index (χ2n) is 7.63. The number of carbonyl (C=O) groups excluding carboxylic acids is 2. The summed E-state index contributed by atoms with van der Waals surface area (Å²) in [5.41, 5.74) is 0.943. The van der Waals surface area contributed by atoms with Crippen LogP contribution in [-0.2, 0) is 16.1 Å². The Bertz CT molecular complexity index is 600. The summed E-state index contributed by atoms with van der Waals surface area (Å²) in [5, 5.41) is 6.12. The zero-order valence-corrected chi connectivity index (χ0v) is 16.1. The number of carbonyl (C=O) groups is 2. The molecule has 0 unspecified atom stereocenters. The Morgan fingerprint density at radius 2 is 1.92 bits per heavy atom. The van der Waals surface area contributed by atoms with Crippen molar-refractivity contribution in [3.05, 3.63) is 16.1 Å². The van der Waals surface area contributed by atoms with Crippen LogP contribution in [0.5, 0.6) is 0 Å². The van der Waals surface area contributed by atoms with E-state index >= 15 is 0 Å². The van der Waals surface area contributed by atoms with E-state index in [4.69, 9.17) is 4.98 Å². The molecule has 2 amide bonds. The lowest BCUT2D eigenvalue weighted by Crippen LogP contribution is -2.40. The number of hydrogen-bond donors (Lipinski definition) is 1. The van der Waals surface area contributed by atoms with Crippen LogP contribution < -0.4 is 5.32 Å². The van der Waals surface area contributed by atoms with Crippen LogP contribution in [0.1, 0.15) is 69.0 Å². The van der Waals surface area contributed by atoms with Crippen molar-refractivity contribution in [2.45, 2.75) is 64.8 Å². The van der Waals surface area contributed by atoms with E-state index in [9.17, 15) is 9.59 Å². The van der Waals surface area contributed by atoms with Crippen LogP contribution in [0.4, 0.5) is 0 Å². The van der Waals surface area contributed by atoms with Gasteiger partial charge in [-0.2, -0.15) is 0 Å².